The van der Waals surface area contributed by atoms with E-state index in [1.807, 2.05) is 20.8 Å². The van der Waals surface area contributed by atoms with E-state index in [1.54, 1.807) is 4.90 Å². The van der Waals surface area contributed by atoms with E-state index in [9.17, 15) is 9.59 Å². The zero-order valence-corrected chi connectivity index (χ0v) is 26.0. The van der Waals surface area contributed by atoms with E-state index in [0.717, 1.165) is 32.1 Å². The van der Waals surface area contributed by atoms with Crippen LogP contribution in [0.1, 0.15) is 91.2 Å². The van der Waals surface area contributed by atoms with Crippen LogP contribution in [0.3, 0.4) is 0 Å². The van der Waals surface area contributed by atoms with Crippen molar-refractivity contribution in [3.8, 4) is 0 Å². The van der Waals surface area contributed by atoms with Gasteiger partial charge in [-0.05, 0) is 102 Å². The molecule has 9 heteroatoms. The molecule has 226 valence electrons. The maximum Gasteiger partial charge on any atom is 0.481 e. The fraction of sp³-hybridized carbons (Fsp3) is 0.750. The molecule has 2 heterocycles. The molecule has 6 atom stereocenters. The highest BCUT2D eigenvalue weighted by Gasteiger charge is 2.68. The van der Waals surface area contributed by atoms with Gasteiger partial charge in [0.15, 0.2) is 0 Å². The Morgan fingerprint density at radius 2 is 1.88 bits per heavy atom. The number of piperidine rings is 1. The van der Waals surface area contributed by atoms with Gasteiger partial charge in [0.05, 0.1) is 23.7 Å². The lowest BCUT2D eigenvalue weighted by molar-refractivity contribution is -0.199. The van der Waals surface area contributed by atoms with Crippen LogP contribution in [-0.2, 0) is 25.2 Å². The number of amides is 2. The summed E-state index contributed by atoms with van der Waals surface area (Å²) in [6, 6.07) is 8.28. The average molecular weight is 569 g/mol. The van der Waals surface area contributed by atoms with Crippen LogP contribution in [0.15, 0.2) is 24.3 Å². The number of hydrogen-bond donors (Lipinski definition) is 1. The summed E-state index contributed by atoms with van der Waals surface area (Å²) in [6.45, 7) is 15.3. The number of benzene rings is 1. The highest BCUT2D eigenvalue weighted by molar-refractivity contribution is 6.47. The number of alkyl carbamates (subject to hydrolysis) is 1. The summed E-state index contributed by atoms with van der Waals surface area (Å²) >= 11 is 0. The summed E-state index contributed by atoms with van der Waals surface area (Å²) in [7, 11) is -0.536. The number of carbonyl (C=O) groups is 2. The minimum absolute atomic E-state index is 0.0357. The molecule has 1 N–H and O–H groups in total. The van der Waals surface area contributed by atoms with Gasteiger partial charge in [-0.15, -0.1) is 0 Å². The minimum atomic E-state index is -0.577. The Morgan fingerprint density at radius 1 is 1.15 bits per heavy atom. The topological polar surface area (TPSA) is 86.3 Å². The summed E-state index contributed by atoms with van der Waals surface area (Å²) < 4.78 is 24.7. The van der Waals surface area contributed by atoms with E-state index in [2.05, 4.69) is 57.3 Å². The molecule has 1 aromatic rings. The maximum atomic E-state index is 13.2. The van der Waals surface area contributed by atoms with E-state index in [-0.39, 0.29) is 41.8 Å². The standard InChI is InChI=1S/C32H49BN2O6/c1-21-11-13-22(14-12-21)15-16-27(33-40-26-19-23-18-25(31(23,5)6)32(26,7)41-33)34-28(36)38-20-24-10-8-9-17-35(24)29(37)39-30(2,3)4/h11-14,23-27H,8-10,15-20H2,1-7H3,(H,34,36)/t23-,24+,25-,26+,27-,32-/m0/s1. The third-order valence-electron chi connectivity index (χ3n) is 10.1. The molecule has 2 bridgehead atoms. The first-order valence-corrected chi connectivity index (χ1v) is 15.6. The molecule has 5 aliphatic rings. The molecule has 41 heavy (non-hydrogen) atoms. The zero-order valence-electron chi connectivity index (χ0n) is 26.0. The molecular formula is C32H49BN2O6. The van der Waals surface area contributed by atoms with Crippen LogP contribution in [0, 0.1) is 24.2 Å². The third-order valence-corrected chi connectivity index (χ3v) is 10.1. The van der Waals surface area contributed by atoms with Crippen LogP contribution < -0.4 is 5.32 Å². The number of hydrogen-bond acceptors (Lipinski definition) is 6. The normalized spacial score (nSPS) is 31.1. The Kier molecular flexibility index (Phi) is 8.43. The Bertz CT molecular complexity index is 1100. The highest BCUT2D eigenvalue weighted by Crippen LogP contribution is 2.65. The van der Waals surface area contributed by atoms with Crippen LogP contribution >= 0.6 is 0 Å². The van der Waals surface area contributed by atoms with Crippen molar-refractivity contribution in [3.05, 3.63) is 35.4 Å². The molecule has 0 aromatic heterocycles. The maximum absolute atomic E-state index is 13.2. The monoisotopic (exact) mass is 568 g/mol. The molecule has 2 saturated heterocycles. The lowest BCUT2D eigenvalue weighted by Crippen LogP contribution is -2.65. The number of ether oxygens (including phenoxy) is 2. The quantitative estimate of drug-likeness (QED) is 0.402. The fourth-order valence-electron chi connectivity index (χ4n) is 7.52. The summed E-state index contributed by atoms with van der Waals surface area (Å²) in [5.41, 5.74) is 1.74. The first kappa shape index (κ1) is 30.2. The molecule has 0 spiro atoms. The van der Waals surface area contributed by atoms with E-state index in [0.29, 0.717) is 24.8 Å². The number of rotatable bonds is 7. The van der Waals surface area contributed by atoms with Gasteiger partial charge in [0, 0.05) is 6.54 Å². The van der Waals surface area contributed by atoms with Crippen molar-refractivity contribution >= 4 is 19.3 Å². The van der Waals surface area contributed by atoms with Crippen LogP contribution in [-0.4, -0.2) is 66.6 Å². The van der Waals surface area contributed by atoms with Crippen molar-refractivity contribution in [2.75, 3.05) is 13.2 Å². The Hall–Kier alpha value is -2.26. The van der Waals surface area contributed by atoms with Crippen molar-refractivity contribution in [1.29, 1.82) is 0 Å². The molecule has 3 aliphatic carbocycles. The molecule has 8 nitrogen and oxygen atoms in total. The van der Waals surface area contributed by atoms with Gasteiger partial charge in [0.25, 0.3) is 0 Å². The second-order valence-corrected chi connectivity index (χ2v) is 14.5. The Balaban J connectivity index is 1.23. The molecule has 6 rings (SSSR count). The molecule has 2 aliphatic heterocycles. The summed E-state index contributed by atoms with van der Waals surface area (Å²) in [6.07, 6.45) is 5.46. The number of nitrogens with zero attached hydrogens (tertiary/aromatic N) is 1. The summed E-state index contributed by atoms with van der Waals surface area (Å²) in [4.78, 5) is 27.7. The SMILES string of the molecule is Cc1ccc(CC[C@H](NC(=O)OC[C@H]2CCCCN2C(=O)OC(C)(C)C)B2O[C@@H]3C[C@@H]4C[C@@H](C4(C)C)[C@]3(C)O2)cc1. The van der Waals surface area contributed by atoms with Crippen LogP contribution in [0.5, 0.6) is 0 Å². The van der Waals surface area contributed by atoms with Crippen molar-refractivity contribution < 1.29 is 28.4 Å². The van der Waals surface area contributed by atoms with Gasteiger partial charge in [0.1, 0.15) is 12.2 Å². The van der Waals surface area contributed by atoms with Crippen LogP contribution in [0.2, 0.25) is 0 Å². The first-order chi connectivity index (χ1) is 19.3. The van der Waals surface area contributed by atoms with E-state index < -0.39 is 18.8 Å². The third kappa shape index (κ3) is 6.41. The van der Waals surface area contributed by atoms with E-state index in [4.69, 9.17) is 18.8 Å². The van der Waals surface area contributed by atoms with Crippen molar-refractivity contribution in [2.24, 2.45) is 17.3 Å². The van der Waals surface area contributed by atoms with Gasteiger partial charge in [0.2, 0.25) is 0 Å². The lowest BCUT2D eigenvalue weighted by atomic mass is 9.43. The van der Waals surface area contributed by atoms with Gasteiger partial charge >= 0.3 is 19.3 Å². The number of aryl methyl sites for hydroxylation is 2. The number of carbonyl (C=O) groups excluding carboxylic acids is 2. The summed E-state index contributed by atoms with van der Waals surface area (Å²) in [5.74, 6) is 0.735. The van der Waals surface area contributed by atoms with E-state index in [1.165, 1.54) is 17.5 Å². The number of likely N-dealkylation sites (tertiary alicyclic amines) is 1. The highest BCUT2D eigenvalue weighted by atomic mass is 16.7. The average Bonchev–Trinajstić information content (AvgIpc) is 3.27. The van der Waals surface area contributed by atoms with Crippen molar-refractivity contribution in [3.63, 3.8) is 0 Å². The molecule has 3 saturated carbocycles. The predicted molar refractivity (Wildman–Crippen MR) is 158 cm³/mol. The molecule has 0 unspecified atom stereocenters. The molecule has 1 aromatic carbocycles. The predicted octanol–water partition coefficient (Wildman–Crippen LogP) is 6.08. The van der Waals surface area contributed by atoms with Crippen molar-refractivity contribution in [1.82, 2.24) is 10.2 Å². The summed E-state index contributed by atoms with van der Waals surface area (Å²) in [5, 5.41) is 3.09. The van der Waals surface area contributed by atoms with E-state index >= 15 is 0 Å². The smallest absolute Gasteiger partial charge is 0.447 e. The molecule has 0 radical (unpaired) electrons. The Labute approximate surface area is 246 Å². The molecule has 2 amide bonds. The minimum Gasteiger partial charge on any atom is -0.447 e. The molecular weight excluding hydrogens is 519 g/mol. The largest absolute Gasteiger partial charge is 0.481 e. The van der Waals surface area contributed by atoms with Gasteiger partial charge < -0.3 is 29.0 Å². The zero-order chi connectivity index (χ0) is 29.6. The van der Waals surface area contributed by atoms with Crippen molar-refractivity contribution in [2.45, 2.75) is 123 Å². The lowest BCUT2D eigenvalue weighted by Gasteiger charge is -2.64. The fourth-order valence-corrected chi connectivity index (χ4v) is 7.52. The van der Waals surface area contributed by atoms with Gasteiger partial charge in [-0.1, -0.05) is 43.7 Å². The second-order valence-electron chi connectivity index (χ2n) is 14.5. The van der Waals surface area contributed by atoms with Gasteiger partial charge in [-0.25, -0.2) is 9.59 Å². The molecule has 5 fully saturated rings. The van der Waals surface area contributed by atoms with Gasteiger partial charge in [-0.2, -0.15) is 0 Å². The second kappa shape index (κ2) is 11.4. The van der Waals surface area contributed by atoms with Crippen LogP contribution in [0.4, 0.5) is 9.59 Å². The first-order valence-electron chi connectivity index (χ1n) is 15.6. The van der Waals surface area contributed by atoms with Crippen LogP contribution in [0.25, 0.3) is 0 Å². The number of nitrogens with one attached hydrogen (secondary N) is 1. The van der Waals surface area contributed by atoms with Gasteiger partial charge in [-0.3, -0.25) is 0 Å². The Morgan fingerprint density at radius 3 is 2.56 bits per heavy atom.